The maximum Gasteiger partial charge on any atom is 0.227 e. The highest BCUT2D eigenvalue weighted by Gasteiger charge is 2.66. The first-order chi connectivity index (χ1) is 63.6. The highest BCUT2D eigenvalue weighted by atomic mass is 16.3. The van der Waals surface area contributed by atoms with Crippen LogP contribution < -0.4 is 29.4 Å². The lowest BCUT2D eigenvalue weighted by Gasteiger charge is -2.62. The van der Waals surface area contributed by atoms with Crippen molar-refractivity contribution in [3.63, 3.8) is 0 Å². The first-order valence-electron chi connectivity index (χ1n) is 53.5. The Morgan fingerprint density at radius 2 is 0.780 bits per heavy atom. The van der Waals surface area contributed by atoms with Gasteiger partial charge in [0.2, 0.25) is 5.71 Å². The van der Waals surface area contributed by atoms with Crippen LogP contribution in [-0.4, -0.2) is 68.4 Å². The molecule has 12 aliphatic rings. The standard InChI is InChI=1S/C25H32N2O.C23H33N.C19H29N.C18H21N.C17H20N2.C16H25N/c1-16-9-11-19-20-12-10-17(2)26-23(20)28-22(19)21(16)27-18(3)25(15-24(27,4)5)13-7-6-8-14-25;1-15-7-5-6-8-21(15)24-16(2)23(14-22(24,3)4)19-10-17-9-18(12-19)13-20(23)11-17;1-15-10-6-7-11-17(15)20-16(2)19(14-18(20,3)4)12-8-5-9-13-19;1-13-9-5-7-11-16(13)19-14(2)18(3,4)15-10-6-8-12-17(15)19;1-12-8-5-6-10-15(12)19-13(2)17(3,4)14-9-7-11-18-16(14)19;1-12-9-7-8-10-14(12)17-13(2)15(3,4)11-16(17,5)6/h9-12,18H,6-8,13-15H2,1-5H3;5-8,16-20H,9-14H2,1-4H3;6-7,10-11,16H,5,8-9,12-14H2,1-4H3;5-12,14H,1-4H3;5-11,13H,1-4H3;7-10,13H,11H2,1-6H3/i;2*14D2;;;3D3,11D2. The van der Waals surface area contributed by atoms with Crippen molar-refractivity contribution in [3.05, 3.63) is 238 Å². The number of aryl methyl sites for hydroxylation is 7. The Morgan fingerprint density at radius 1 is 0.362 bits per heavy atom. The molecule has 9 heteroatoms. The highest BCUT2D eigenvalue weighted by molar-refractivity contribution is 6.09. The minimum absolute atomic E-state index is 0.117. The smallest absolute Gasteiger partial charge is 0.227 e. The SMILES string of the molecule is Cc1ccc2c(n1)oc1c(N3C(C)C4(CCCCC4)CC3(C)C)c(C)ccc12.Cc1ccccc1N1c2ccccc2C(C)(C)C1C.Cc1ccccc1N1c2ncccc2C(C)(C)C1C.[2H]C([2H])([2H])C1(C)C(C)N(c2ccccc2C)C(C)(C)C1([2H])[2H].[2H]C1([2H])C2(C3CC4CC(C3)CC2C4)C(C)N(c2ccccc2C)C1(C)C.[2H]C1([2H])C2(CCCCC2)C(C)N(c2ccccc2C)C1(C)C. The van der Waals surface area contributed by atoms with E-state index in [1.807, 2.05) is 62.2 Å². The predicted octanol–water partition coefficient (Wildman–Crippen LogP) is 31.5. The van der Waals surface area contributed by atoms with Gasteiger partial charge in [0.25, 0.3) is 0 Å². The van der Waals surface area contributed by atoms with E-state index in [0.717, 1.165) is 64.1 Å². The van der Waals surface area contributed by atoms with E-state index in [4.69, 9.17) is 14.0 Å². The zero-order chi connectivity index (χ0) is 98.7. The lowest BCUT2D eigenvalue weighted by atomic mass is 9.43. The van der Waals surface area contributed by atoms with E-state index >= 15 is 0 Å². The minimum atomic E-state index is -2.38. The van der Waals surface area contributed by atoms with Crippen molar-refractivity contribution < 1.29 is 16.8 Å². The van der Waals surface area contributed by atoms with Crippen LogP contribution in [-0.2, 0) is 10.8 Å². The molecule has 7 aromatic carbocycles. The average Bonchev–Trinajstić information content (AvgIpc) is 1.48. The van der Waals surface area contributed by atoms with E-state index in [0.29, 0.717) is 35.4 Å². The van der Waals surface area contributed by atoms with Crippen molar-refractivity contribution in [3.8, 4) is 0 Å². The molecule has 7 atom stereocenters. The van der Waals surface area contributed by atoms with Crippen LogP contribution in [0.15, 0.2) is 193 Å². The maximum atomic E-state index is 9.52. The highest BCUT2D eigenvalue weighted by Crippen LogP contribution is 2.70. The van der Waals surface area contributed by atoms with E-state index < -0.39 is 54.0 Å². The molecule has 10 aromatic rings. The number of furan rings is 1. The number of rotatable bonds is 6. The molecule has 3 spiro atoms. The molecule has 0 amide bonds. The molecule has 4 saturated heterocycles. The van der Waals surface area contributed by atoms with Crippen molar-refractivity contribution in [2.75, 3.05) is 29.4 Å². The molecule has 7 unspecified atom stereocenters. The summed E-state index contributed by atoms with van der Waals surface area (Å²) >= 11 is 0. The van der Waals surface area contributed by atoms with Gasteiger partial charge < -0.3 is 33.8 Å². The molecule has 9 nitrogen and oxygen atoms in total. The van der Waals surface area contributed by atoms with Crippen LogP contribution in [0, 0.1) is 93.8 Å². The summed E-state index contributed by atoms with van der Waals surface area (Å²) in [4.78, 5) is 23.7. The Morgan fingerprint density at radius 3 is 1.29 bits per heavy atom. The summed E-state index contributed by atoms with van der Waals surface area (Å²) in [5.41, 5.74) is 18.7. The molecule has 0 N–H and O–H groups in total. The summed E-state index contributed by atoms with van der Waals surface area (Å²) in [5.74, 6) is 3.99. The normalized spacial score (nSPS) is 31.0. The number of benzene rings is 7. The number of pyridine rings is 2. The summed E-state index contributed by atoms with van der Waals surface area (Å²) in [6, 6.07) is 65.1. The van der Waals surface area contributed by atoms with Gasteiger partial charge in [0, 0.05) is 144 Å². The maximum absolute atomic E-state index is 9.52. The molecule has 9 heterocycles. The molecule has 10 fully saturated rings. The fourth-order valence-electron chi connectivity index (χ4n) is 27.6. The van der Waals surface area contributed by atoms with E-state index in [2.05, 4.69) is 325 Å². The Balaban J connectivity index is 0.000000119. The van der Waals surface area contributed by atoms with Gasteiger partial charge in [0.15, 0.2) is 5.58 Å². The Labute approximate surface area is 781 Å². The van der Waals surface area contributed by atoms with Gasteiger partial charge in [-0.15, -0.1) is 0 Å². The van der Waals surface area contributed by atoms with E-state index in [1.54, 1.807) is 20.8 Å². The van der Waals surface area contributed by atoms with E-state index in [1.165, 1.54) is 168 Å². The molecule has 3 aromatic heterocycles. The third kappa shape index (κ3) is 16.2. The number of fused-ring (bicyclic) bond motifs is 5. The number of hydrogen-bond donors (Lipinski definition) is 0. The van der Waals surface area contributed by atoms with Gasteiger partial charge in [-0.25, -0.2) is 9.97 Å². The van der Waals surface area contributed by atoms with Crippen LogP contribution >= 0.6 is 0 Å². The van der Waals surface area contributed by atoms with Gasteiger partial charge in [-0.1, -0.05) is 207 Å². The lowest BCUT2D eigenvalue weighted by Crippen LogP contribution is -2.57. The van der Waals surface area contributed by atoms with Crippen LogP contribution in [0.2, 0.25) is 0 Å². The molecular formula is C118H160N8O. The number of para-hydroxylation sites is 6. The Kier molecular flexibility index (Phi) is 21.7. The van der Waals surface area contributed by atoms with Crippen LogP contribution in [0.4, 0.5) is 45.6 Å². The van der Waals surface area contributed by atoms with Crippen molar-refractivity contribution in [2.45, 2.75) is 378 Å². The van der Waals surface area contributed by atoms with Crippen LogP contribution in [0.25, 0.3) is 22.1 Å². The first-order valence-corrected chi connectivity index (χ1v) is 49.0. The van der Waals surface area contributed by atoms with Gasteiger partial charge in [0.1, 0.15) is 5.82 Å². The molecule has 0 radical (unpaired) electrons. The van der Waals surface area contributed by atoms with E-state index in [9.17, 15) is 2.74 Å². The monoisotopic (exact) mass is 1710 g/mol. The largest absolute Gasteiger partial charge is 0.436 e. The third-order valence-corrected chi connectivity index (χ3v) is 34.1. The number of aromatic nitrogens is 2. The molecule has 6 aliphatic carbocycles. The van der Waals surface area contributed by atoms with Crippen molar-refractivity contribution >= 4 is 67.7 Å². The van der Waals surface area contributed by atoms with Crippen LogP contribution in [0.3, 0.4) is 0 Å². The summed E-state index contributed by atoms with van der Waals surface area (Å²) in [7, 11) is 0. The summed E-state index contributed by atoms with van der Waals surface area (Å²) in [5, 5.41) is 2.31. The second-order valence-electron chi connectivity index (χ2n) is 44.7. The first kappa shape index (κ1) is 80.5. The van der Waals surface area contributed by atoms with Crippen LogP contribution in [0.1, 0.15) is 323 Å². The lowest BCUT2D eigenvalue weighted by molar-refractivity contribution is -0.113. The number of hydrogen-bond acceptors (Lipinski definition) is 9. The molecular weight excluding hydrogens is 1550 g/mol. The molecule has 6 aliphatic heterocycles. The quantitative estimate of drug-likeness (QED) is 0.162. The predicted molar refractivity (Wildman–Crippen MR) is 544 cm³/mol. The third-order valence-electron chi connectivity index (χ3n) is 34.1. The average molecular weight is 1720 g/mol. The van der Waals surface area contributed by atoms with Gasteiger partial charge in [-0.3, -0.25) is 0 Å². The topological polar surface area (TPSA) is 58.4 Å². The van der Waals surface area contributed by atoms with Crippen molar-refractivity contribution in [1.29, 1.82) is 0 Å². The fourth-order valence-corrected chi connectivity index (χ4v) is 27.6. The molecule has 6 saturated carbocycles. The zero-order valence-corrected chi connectivity index (χ0v) is 82.5. The van der Waals surface area contributed by atoms with Gasteiger partial charge in [-0.05, 0) is 368 Å². The molecule has 4 bridgehead atoms. The fraction of sp³-hybridized carbons (Fsp3) is 0.559. The summed E-state index contributed by atoms with van der Waals surface area (Å²) in [6.07, 6.45) is 18.0. The van der Waals surface area contributed by atoms with Gasteiger partial charge in [-0.2, -0.15) is 0 Å². The summed E-state index contributed by atoms with van der Waals surface area (Å²) in [6.45, 7) is 53.8. The number of nitrogens with zero attached hydrogens (tertiary/aromatic N) is 8. The summed E-state index contributed by atoms with van der Waals surface area (Å²) < 4.78 is 84.7. The second-order valence-corrected chi connectivity index (χ2v) is 44.7. The molecule has 127 heavy (non-hydrogen) atoms. The van der Waals surface area contributed by atoms with Gasteiger partial charge >= 0.3 is 0 Å². The zero-order valence-electron chi connectivity index (χ0n) is 91.5. The van der Waals surface area contributed by atoms with Crippen LogP contribution in [0.5, 0.6) is 0 Å². The van der Waals surface area contributed by atoms with Crippen molar-refractivity contribution in [1.82, 2.24) is 9.97 Å². The minimum Gasteiger partial charge on any atom is -0.436 e. The van der Waals surface area contributed by atoms with E-state index in [-0.39, 0.29) is 39.3 Å². The number of anilines is 8. The van der Waals surface area contributed by atoms with Crippen molar-refractivity contribution in [2.24, 2.45) is 45.3 Å². The van der Waals surface area contributed by atoms with Gasteiger partial charge in [0.05, 0.1) is 5.69 Å². The molecule has 678 valence electrons. The molecule has 22 rings (SSSR count). The Bertz CT molecular complexity index is 5890. The Hall–Kier alpha value is -8.56. The second kappa shape index (κ2) is 34.3.